The fourth-order valence-electron chi connectivity index (χ4n) is 2.86. The number of anilines is 1. The Labute approximate surface area is 159 Å². The molecule has 0 spiro atoms. The topological polar surface area (TPSA) is 77.1 Å². The standard InChI is InChI=1S/C20H17N3O3S/c1-12-7-3-5-9-14(12)21-16(24)11-27-20-22-17-13-8-4-6-10-15(13)26-18(17)19(25)23(20)2/h3-10H,11H2,1-2H3,(H,21,24). The van der Waals surface area contributed by atoms with E-state index in [9.17, 15) is 9.59 Å². The van der Waals surface area contributed by atoms with Gasteiger partial charge in [0, 0.05) is 18.1 Å². The highest BCUT2D eigenvalue weighted by Crippen LogP contribution is 2.27. The lowest BCUT2D eigenvalue weighted by Gasteiger charge is -2.09. The number of amides is 1. The van der Waals surface area contributed by atoms with E-state index in [4.69, 9.17) is 4.42 Å². The second kappa shape index (κ2) is 6.92. The van der Waals surface area contributed by atoms with Crippen LogP contribution in [0.1, 0.15) is 5.56 Å². The maximum absolute atomic E-state index is 12.6. The molecule has 0 aliphatic rings. The predicted molar refractivity (Wildman–Crippen MR) is 107 cm³/mol. The molecule has 0 unspecified atom stereocenters. The minimum absolute atomic E-state index is 0.149. The second-order valence-corrected chi connectivity index (χ2v) is 7.13. The normalized spacial score (nSPS) is 11.2. The predicted octanol–water partition coefficient (Wildman–Crippen LogP) is 3.72. The van der Waals surface area contributed by atoms with Gasteiger partial charge in [-0.05, 0) is 30.7 Å². The van der Waals surface area contributed by atoms with Gasteiger partial charge in [0.15, 0.2) is 5.16 Å². The lowest BCUT2D eigenvalue weighted by molar-refractivity contribution is -0.113. The minimum atomic E-state index is -0.266. The summed E-state index contributed by atoms with van der Waals surface area (Å²) >= 11 is 1.22. The minimum Gasteiger partial charge on any atom is -0.448 e. The number of fused-ring (bicyclic) bond motifs is 3. The number of aromatic nitrogens is 2. The smallest absolute Gasteiger partial charge is 0.297 e. The van der Waals surface area contributed by atoms with Crippen LogP contribution in [-0.2, 0) is 11.8 Å². The summed E-state index contributed by atoms with van der Waals surface area (Å²) in [5.74, 6) is -0.00342. The largest absolute Gasteiger partial charge is 0.448 e. The summed E-state index contributed by atoms with van der Waals surface area (Å²) < 4.78 is 7.07. The molecule has 0 aliphatic heterocycles. The molecule has 4 rings (SSSR count). The Morgan fingerprint density at radius 2 is 1.93 bits per heavy atom. The van der Waals surface area contributed by atoms with Gasteiger partial charge in [0.05, 0.1) is 5.75 Å². The van der Waals surface area contributed by atoms with Gasteiger partial charge >= 0.3 is 0 Å². The van der Waals surface area contributed by atoms with Crippen molar-refractivity contribution in [3.05, 3.63) is 64.4 Å². The molecule has 7 heteroatoms. The Bertz CT molecular complexity index is 1230. The molecule has 1 amide bonds. The number of furan rings is 1. The number of benzene rings is 2. The highest BCUT2D eigenvalue weighted by molar-refractivity contribution is 7.99. The van der Waals surface area contributed by atoms with Crippen molar-refractivity contribution in [2.45, 2.75) is 12.1 Å². The fraction of sp³-hybridized carbons (Fsp3) is 0.150. The van der Waals surface area contributed by atoms with Gasteiger partial charge in [-0.1, -0.05) is 42.1 Å². The highest BCUT2D eigenvalue weighted by atomic mass is 32.2. The fourth-order valence-corrected chi connectivity index (χ4v) is 3.62. The first-order chi connectivity index (χ1) is 13.0. The average molecular weight is 379 g/mol. The van der Waals surface area contributed by atoms with E-state index in [1.807, 2.05) is 49.4 Å². The Balaban J connectivity index is 1.61. The van der Waals surface area contributed by atoms with Crippen molar-refractivity contribution < 1.29 is 9.21 Å². The molecular weight excluding hydrogens is 362 g/mol. The second-order valence-electron chi connectivity index (χ2n) is 6.19. The van der Waals surface area contributed by atoms with Crippen LogP contribution in [0.2, 0.25) is 0 Å². The third-order valence-electron chi connectivity index (χ3n) is 4.31. The van der Waals surface area contributed by atoms with Crippen LogP contribution >= 0.6 is 11.8 Å². The van der Waals surface area contributed by atoms with E-state index in [0.29, 0.717) is 16.3 Å². The van der Waals surface area contributed by atoms with Gasteiger partial charge in [-0.2, -0.15) is 0 Å². The van der Waals surface area contributed by atoms with Crippen molar-refractivity contribution in [1.29, 1.82) is 0 Å². The van der Waals surface area contributed by atoms with Crippen LogP contribution in [0.15, 0.2) is 62.9 Å². The number of hydrogen-bond acceptors (Lipinski definition) is 5. The lowest BCUT2D eigenvalue weighted by atomic mass is 10.2. The van der Waals surface area contributed by atoms with E-state index >= 15 is 0 Å². The average Bonchev–Trinajstić information content (AvgIpc) is 3.04. The van der Waals surface area contributed by atoms with Gasteiger partial charge in [0.1, 0.15) is 11.1 Å². The first kappa shape index (κ1) is 17.4. The molecule has 2 aromatic heterocycles. The first-order valence-corrected chi connectivity index (χ1v) is 9.39. The van der Waals surface area contributed by atoms with Gasteiger partial charge in [0.25, 0.3) is 5.56 Å². The molecule has 0 fully saturated rings. The monoisotopic (exact) mass is 379 g/mol. The molecule has 136 valence electrons. The molecule has 27 heavy (non-hydrogen) atoms. The third kappa shape index (κ3) is 3.21. The molecular formula is C20H17N3O3S. The Hall–Kier alpha value is -3.06. The van der Waals surface area contributed by atoms with E-state index in [0.717, 1.165) is 16.6 Å². The lowest BCUT2D eigenvalue weighted by Crippen LogP contribution is -2.21. The van der Waals surface area contributed by atoms with Crippen molar-refractivity contribution in [2.75, 3.05) is 11.1 Å². The van der Waals surface area contributed by atoms with E-state index in [1.54, 1.807) is 13.1 Å². The highest BCUT2D eigenvalue weighted by Gasteiger charge is 2.16. The number of nitrogens with one attached hydrogen (secondary N) is 1. The number of aryl methyl sites for hydroxylation is 1. The van der Waals surface area contributed by atoms with Crippen molar-refractivity contribution in [3.63, 3.8) is 0 Å². The van der Waals surface area contributed by atoms with E-state index in [2.05, 4.69) is 10.3 Å². The zero-order valence-corrected chi connectivity index (χ0v) is 15.7. The molecule has 0 bridgehead atoms. The number of carbonyl (C=O) groups excluding carboxylic acids is 1. The van der Waals surface area contributed by atoms with Gasteiger partial charge in [-0.25, -0.2) is 4.98 Å². The van der Waals surface area contributed by atoms with Crippen molar-refractivity contribution in [3.8, 4) is 0 Å². The molecule has 0 aliphatic carbocycles. The van der Waals surface area contributed by atoms with E-state index < -0.39 is 0 Å². The number of rotatable bonds is 4. The van der Waals surface area contributed by atoms with Gasteiger partial charge in [-0.15, -0.1) is 0 Å². The molecule has 1 N–H and O–H groups in total. The summed E-state index contributed by atoms with van der Waals surface area (Å²) in [7, 11) is 1.63. The molecule has 2 heterocycles. The molecule has 0 atom stereocenters. The molecule has 6 nitrogen and oxygen atoms in total. The van der Waals surface area contributed by atoms with Crippen molar-refractivity contribution in [1.82, 2.24) is 9.55 Å². The summed E-state index contributed by atoms with van der Waals surface area (Å²) in [6.45, 7) is 1.94. The van der Waals surface area contributed by atoms with Crippen LogP contribution in [0.3, 0.4) is 0 Å². The summed E-state index contributed by atoms with van der Waals surface area (Å²) in [4.78, 5) is 29.5. The zero-order chi connectivity index (χ0) is 19.0. The van der Waals surface area contributed by atoms with Gasteiger partial charge in [0.2, 0.25) is 11.5 Å². The van der Waals surface area contributed by atoms with E-state index in [-0.39, 0.29) is 22.8 Å². The third-order valence-corrected chi connectivity index (χ3v) is 5.34. The molecule has 0 saturated carbocycles. The summed E-state index contributed by atoms with van der Waals surface area (Å²) in [6, 6.07) is 15.0. The number of nitrogens with zero attached hydrogens (tertiary/aromatic N) is 2. The zero-order valence-electron chi connectivity index (χ0n) is 14.9. The maximum Gasteiger partial charge on any atom is 0.297 e. The van der Waals surface area contributed by atoms with Crippen LogP contribution in [0.4, 0.5) is 5.69 Å². The molecule has 2 aromatic carbocycles. The number of hydrogen-bond donors (Lipinski definition) is 1. The van der Waals surface area contributed by atoms with Gasteiger partial charge < -0.3 is 9.73 Å². The number of para-hydroxylation sites is 2. The Morgan fingerprint density at radius 1 is 1.19 bits per heavy atom. The van der Waals surface area contributed by atoms with Gasteiger partial charge in [-0.3, -0.25) is 14.2 Å². The Kier molecular flexibility index (Phi) is 4.45. The molecule has 0 saturated heterocycles. The van der Waals surface area contributed by atoms with Crippen molar-refractivity contribution in [2.24, 2.45) is 7.05 Å². The first-order valence-electron chi connectivity index (χ1n) is 8.41. The Morgan fingerprint density at radius 3 is 2.74 bits per heavy atom. The number of carbonyl (C=O) groups is 1. The summed E-state index contributed by atoms with van der Waals surface area (Å²) in [5, 5.41) is 4.14. The van der Waals surface area contributed by atoms with Crippen molar-refractivity contribution >= 4 is 45.4 Å². The molecule has 0 radical (unpaired) electrons. The van der Waals surface area contributed by atoms with Crippen LogP contribution in [0, 0.1) is 6.92 Å². The quantitative estimate of drug-likeness (QED) is 0.432. The summed E-state index contributed by atoms with van der Waals surface area (Å²) in [5.41, 5.74) is 2.88. The van der Waals surface area contributed by atoms with E-state index in [1.165, 1.54) is 16.3 Å². The van der Waals surface area contributed by atoms with Crippen LogP contribution in [0.25, 0.3) is 22.1 Å². The van der Waals surface area contributed by atoms with Crippen LogP contribution in [0.5, 0.6) is 0 Å². The van der Waals surface area contributed by atoms with Crippen LogP contribution < -0.4 is 10.9 Å². The SMILES string of the molecule is Cc1ccccc1NC(=O)CSc1nc2c(oc3ccccc32)c(=O)n1C. The summed E-state index contributed by atoms with van der Waals surface area (Å²) in [6.07, 6.45) is 0. The number of thioether (sulfide) groups is 1. The van der Waals surface area contributed by atoms with Crippen LogP contribution in [-0.4, -0.2) is 21.2 Å². The molecule has 4 aromatic rings. The maximum atomic E-state index is 12.6.